The number of carbonyl (C=O) groups excluding carboxylic acids is 1. The second-order valence-corrected chi connectivity index (χ2v) is 7.06. The van der Waals surface area contributed by atoms with Crippen LogP contribution in [0, 0.1) is 17.8 Å². The van der Waals surface area contributed by atoms with Crippen LogP contribution in [0.3, 0.4) is 0 Å². The van der Waals surface area contributed by atoms with Gasteiger partial charge in [0.25, 0.3) is 0 Å². The molecule has 0 saturated carbocycles. The van der Waals surface area contributed by atoms with Gasteiger partial charge >= 0.3 is 0 Å². The molecule has 0 radical (unpaired) electrons. The molecule has 0 N–H and O–H groups in total. The van der Waals surface area contributed by atoms with E-state index in [9.17, 15) is 4.79 Å². The van der Waals surface area contributed by atoms with Gasteiger partial charge < -0.3 is 4.79 Å². The van der Waals surface area contributed by atoms with Crippen molar-refractivity contribution >= 4 is 6.29 Å². The van der Waals surface area contributed by atoms with E-state index in [1.807, 2.05) is 0 Å². The molecule has 4 aliphatic rings. The second kappa shape index (κ2) is 6.31. The highest BCUT2D eigenvalue weighted by atomic mass is 16.1. The van der Waals surface area contributed by atoms with E-state index >= 15 is 0 Å². The van der Waals surface area contributed by atoms with Crippen molar-refractivity contribution in [1.82, 2.24) is 0 Å². The molecule has 1 heteroatoms. The average Bonchev–Trinajstić information content (AvgIpc) is 2.60. The lowest BCUT2D eigenvalue weighted by Gasteiger charge is -2.41. The van der Waals surface area contributed by atoms with Gasteiger partial charge in [0.1, 0.15) is 6.29 Å². The summed E-state index contributed by atoms with van der Waals surface area (Å²) in [6.45, 7) is 0. The van der Waals surface area contributed by atoms with Gasteiger partial charge in [-0.15, -0.1) is 0 Å². The van der Waals surface area contributed by atoms with Crippen LogP contribution in [0.1, 0.15) is 38.5 Å². The molecule has 0 aromatic heterocycles. The predicted octanol–water partition coefficient (Wildman–Crippen LogP) is 5.25. The summed E-state index contributed by atoms with van der Waals surface area (Å²) in [5.74, 6) is 1.81. The maximum atomic E-state index is 10.4. The molecule has 4 aliphatic carbocycles. The van der Waals surface area contributed by atoms with Crippen LogP contribution in [-0.4, -0.2) is 6.29 Å². The third-order valence-corrected chi connectivity index (χ3v) is 5.68. The van der Waals surface area contributed by atoms with Gasteiger partial charge in [-0.3, -0.25) is 0 Å². The Balaban J connectivity index is 1.54. The normalized spacial score (nSPS) is 30.0. The number of aldehydes is 1. The van der Waals surface area contributed by atoms with Crippen molar-refractivity contribution in [2.45, 2.75) is 38.5 Å². The SMILES string of the molecule is O=CCCCCCC1C=CC2=C3C1=CCC1C=CC=C(C=C2)C31. The summed E-state index contributed by atoms with van der Waals surface area (Å²) in [5.41, 5.74) is 6.10. The predicted molar refractivity (Wildman–Crippen MR) is 94.8 cm³/mol. The zero-order chi connectivity index (χ0) is 15.6. The van der Waals surface area contributed by atoms with Crippen molar-refractivity contribution in [2.24, 2.45) is 17.8 Å². The molecule has 0 aromatic carbocycles. The van der Waals surface area contributed by atoms with E-state index in [2.05, 4.69) is 48.6 Å². The van der Waals surface area contributed by atoms with Crippen LogP contribution in [0.5, 0.6) is 0 Å². The number of allylic oxidation sites excluding steroid dienone is 12. The van der Waals surface area contributed by atoms with Crippen molar-refractivity contribution in [1.29, 1.82) is 0 Å². The number of rotatable bonds is 6. The third-order valence-electron chi connectivity index (χ3n) is 5.68. The monoisotopic (exact) mass is 304 g/mol. The highest BCUT2D eigenvalue weighted by Crippen LogP contribution is 2.50. The van der Waals surface area contributed by atoms with Crippen LogP contribution in [0.2, 0.25) is 0 Å². The van der Waals surface area contributed by atoms with Crippen LogP contribution >= 0.6 is 0 Å². The summed E-state index contributed by atoms with van der Waals surface area (Å²) in [4.78, 5) is 10.4. The molecule has 0 aromatic rings. The second-order valence-electron chi connectivity index (χ2n) is 7.06. The van der Waals surface area contributed by atoms with Crippen molar-refractivity contribution in [3.63, 3.8) is 0 Å². The summed E-state index contributed by atoms with van der Waals surface area (Å²) in [6.07, 6.45) is 26.3. The first-order valence-corrected chi connectivity index (χ1v) is 9.01. The molecule has 1 nitrogen and oxygen atoms in total. The standard InChI is InChI=1S/C22H24O/c23-15-4-2-1-3-6-16-9-10-19-12-11-17-7-5-8-18-13-14-20(16)22(19)21(17)18/h5,7-12,14-16,18,21H,1-4,6,13H2. The van der Waals surface area contributed by atoms with Crippen molar-refractivity contribution < 1.29 is 4.79 Å². The van der Waals surface area contributed by atoms with Gasteiger partial charge in [0.2, 0.25) is 0 Å². The van der Waals surface area contributed by atoms with Crippen molar-refractivity contribution in [3.05, 3.63) is 70.9 Å². The largest absolute Gasteiger partial charge is 0.303 e. The summed E-state index contributed by atoms with van der Waals surface area (Å²) in [7, 11) is 0. The number of unbranched alkanes of at least 4 members (excludes halogenated alkanes) is 3. The maximum Gasteiger partial charge on any atom is 0.119 e. The minimum atomic E-state index is 0.574. The smallest absolute Gasteiger partial charge is 0.119 e. The first kappa shape index (κ1) is 14.7. The Morgan fingerprint density at radius 3 is 2.96 bits per heavy atom. The fourth-order valence-corrected chi connectivity index (χ4v) is 4.54. The molecule has 0 saturated heterocycles. The van der Waals surface area contributed by atoms with Crippen LogP contribution in [0.15, 0.2) is 70.9 Å². The summed E-state index contributed by atoms with van der Waals surface area (Å²) >= 11 is 0. The molecule has 0 heterocycles. The molecule has 0 bridgehead atoms. The minimum absolute atomic E-state index is 0.574. The van der Waals surface area contributed by atoms with Gasteiger partial charge in [0.05, 0.1) is 0 Å². The van der Waals surface area contributed by atoms with Crippen LogP contribution in [0.4, 0.5) is 0 Å². The van der Waals surface area contributed by atoms with Crippen LogP contribution in [-0.2, 0) is 4.79 Å². The van der Waals surface area contributed by atoms with E-state index < -0.39 is 0 Å². The molecule has 23 heavy (non-hydrogen) atoms. The van der Waals surface area contributed by atoms with Gasteiger partial charge in [-0.2, -0.15) is 0 Å². The molecule has 0 amide bonds. The fourth-order valence-electron chi connectivity index (χ4n) is 4.54. The minimum Gasteiger partial charge on any atom is -0.303 e. The van der Waals surface area contributed by atoms with Gasteiger partial charge in [0.15, 0.2) is 0 Å². The van der Waals surface area contributed by atoms with E-state index in [4.69, 9.17) is 0 Å². The molecule has 3 atom stereocenters. The zero-order valence-electron chi connectivity index (χ0n) is 13.6. The number of hydrogen-bond donors (Lipinski definition) is 0. The van der Waals surface area contributed by atoms with E-state index in [1.54, 1.807) is 11.1 Å². The molecular formula is C22H24O. The Bertz CT molecular complexity index is 681. The van der Waals surface area contributed by atoms with Crippen LogP contribution < -0.4 is 0 Å². The summed E-state index contributed by atoms with van der Waals surface area (Å²) in [6, 6.07) is 0. The van der Waals surface area contributed by atoms with Gasteiger partial charge in [-0.25, -0.2) is 0 Å². The molecule has 0 aliphatic heterocycles. The molecule has 0 spiro atoms. The zero-order valence-corrected chi connectivity index (χ0v) is 13.6. The maximum absolute atomic E-state index is 10.4. The Hall–Kier alpha value is -1.89. The Labute approximate surface area is 138 Å². The van der Waals surface area contributed by atoms with Crippen molar-refractivity contribution in [2.75, 3.05) is 0 Å². The first-order chi connectivity index (χ1) is 11.4. The van der Waals surface area contributed by atoms with E-state index in [0.717, 1.165) is 12.7 Å². The van der Waals surface area contributed by atoms with Crippen LogP contribution in [0.25, 0.3) is 0 Å². The summed E-state index contributed by atoms with van der Waals surface area (Å²) < 4.78 is 0. The Kier molecular flexibility index (Phi) is 4.03. The summed E-state index contributed by atoms with van der Waals surface area (Å²) in [5, 5.41) is 0. The lowest BCUT2D eigenvalue weighted by molar-refractivity contribution is -0.107. The quantitative estimate of drug-likeness (QED) is 0.484. The van der Waals surface area contributed by atoms with E-state index in [1.165, 1.54) is 36.8 Å². The Morgan fingerprint density at radius 2 is 2.04 bits per heavy atom. The molecule has 0 fully saturated rings. The third kappa shape index (κ3) is 2.63. The highest BCUT2D eigenvalue weighted by molar-refractivity contribution is 5.62. The van der Waals surface area contributed by atoms with Crippen molar-refractivity contribution in [3.8, 4) is 0 Å². The molecule has 3 unspecified atom stereocenters. The molecule has 118 valence electrons. The Morgan fingerprint density at radius 1 is 1.09 bits per heavy atom. The van der Waals surface area contributed by atoms with Gasteiger partial charge in [0, 0.05) is 18.3 Å². The van der Waals surface area contributed by atoms with E-state index in [-0.39, 0.29) is 0 Å². The molecule has 4 rings (SSSR count). The fraction of sp³-hybridized carbons (Fsp3) is 0.409. The number of carbonyl (C=O) groups is 1. The van der Waals surface area contributed by atoms with E-state index in [0.29, 0.717) is 24.2 Å². The topological polar surface area (TPSA) is 17.1 Å². The first-order valence-electron chi connectivity index (χ1n) is 9.01. The molecular weight excluding hydrogens is 280 g/mol. The van der Waals surface area contributed by atoms with Gasteiger partial charge in [-0.05, 0) is 47.5 Å². The highest BCUT2D eigenvalue weighted by Gasteiger charge is 2.37. The lowest BCUT2D eigenvalue weighted by atomic mass is 9.63. The average molecular weight is 304 g/mol. The lowest BCUT2D eigenvalue weighted by Crippen LogP contribution is -2.29. The number of hydrogen-bond acceptors (Lipinski definition) is 1. The van der Waals surface area contributed by atoms with Gasteiger partial charge in [-0.1, -0.05) is 61.4 Å².